The van der Waals surface area contributed by atoms with Crippen LogP contribution in [-0.4, -0.2) is 6.61 Å². The van der Waals surface area contributed by atoms with Gasteiger partial charge in [-0.05, 0) is 85.6 Å². The predicted octanol–water partition coefficient (Wildman–Crippen LogP) is 7.72. The van der Waals surface area contributed by atoms with E-state index in [1.165, 1.54) is 56.1 Å². The summed E-state index contributed by atoms with van der Waals surface area (Å²) in [7, 11) is 0. The number of rotatable bonds is 10. The molecule has 0 heterocycles. The maximum absolute atomic E-state index is 5.67. The summed E-state index contributed by atoms with van der Waals surface area (Å²) >= 11 is 0. The largest absolute Gasteiger partial charge is 0.494 e. The number of hydrogen-bond acceptors (Lipinski definition) is 1. The fourth-order valence-corrected chi connectivity index (χ4v) is 4.49. The van der Waals surface area contributed by atoms with E-state index in [9.17, 15) is 0 Å². The highest BCUT2D eigenvalue weighted by Gasteiger charge is 2.21. The van der Waals surface area contributed by atoms with Crippen LogP contribution in [0.4, 0.5) is 0 Å². The van der Waals surface area contributed by atoms with Crippen molar-refractivity contribution in [2.75, 3.05) is 6.61 Å². The summed E-state index contributed by atoms with van der Waals surface area (Å²) in [4.78, 5) is 0. The zero-order valence-corrected chi connectivity index (χ0v) is 18.0. The third kappa shape index (κ3) is 6.40. The molecule has 2 aromatic rings. The third-order valence-corrected chi connectivity index (χ3v) is 6.36. The van der Waals surface area contributed by atoms with Crippen LogP contribution in [0.3, 0.4) is 0 Å². The lowest BCUT2D eigenvalue weighted by molar-refractivity contribution is 0.304. The number of benzene rings is 2. The molecule has 1 saturated carbocycles. The smallest absolute Gasteiger partial charge is 0.119 e. The highest BCUT2D eigenvalue weighted by molar-refractivity contribution is 5.30. The summed E-state index contributed by atoms with van der Waals surface area (Å²) < 4.78 is 5.67. The second-order valence-electron chi connectivity index (χ2n) is 8.59. The summed E-state index contributed by atoms with van der Waals surface area (Å²) in [6.45, 7) is 5.24. The van der Waals surface area contributed by atoms with Crippen molar-refractivity contribution in [3.63, 3.8) is 0 Å². The first-order valence-electron chi connectivity index (χ1n) is 11.6. The van der Waals surface area contributed by atoms with Crippen LogP contribution in [0.15, 0.2) is 48.5 Å². The molecule has 0 amide bonds. The maximum atomic E-state index is 5.67. The van der Waals surface area contributed by atoms with Gasteiger partial charge in [0.15, 0.2) is 0 Å². The normalized spacial score (nSPS) is 19.5. The Morgan fingerprint density at radius 3 is 1.93 bits per heavy atom. The first-order valence-corrected chi connectivity index (χ1v) is 11.6. The molecular weight excluding hydrogens is 340 g/mol. The van der Waals surface area contributed by atoms with Crippen LogP contribution in [0, 0.1) is 5.92 Å². The summed E-state index contributed by atoms with van der Waals surface area (Å²) in [5.41, 5.74) is 4.40. The number of ether oxygens (including phenoxy) is 1. The van der Waals surface area contributed by atoms with Crippen molar-refractivity contribution in [2.45, 2.75) is 84.0 Å². The molecular formula is C27H38O. The average Bonchev–Trinajstić information content (AvgIpc) is 2.76. The van der Waals surface area contributed by atoms with E-state index < -0.39 is 0 Å². The van der Waals surface area contributed by atoms with E-state index in [2.05, 4.69) is 62.4 Å². The lowest BCUT2D eigenvalue weighted by Crippen LogP contribution is -2.13. The van der Waals surface area contributed by atoms with E-state index in [0.717, 1.165) is 43.5 Å². The van der Waals surface area contributed by atoms with Crippen molar-refractivity contribution in [2.24, 2.45) is 5.92 Å². The van der Waals surface area contributed by atoms with Crippen molar-refractivity contribution >= 4 is 0 Å². The van der Waals surface area contributed by atoms with E-state index in [-0.39, 0.29) is 0 Å². The first-order chi connectivity index (χ1) is 13.8. The zero-order valence-electron chi connectivity index (χ0n) is 18.0. The van der Waals surface area contributed by atoms with Gasteiger partial charge in [-0.2, -0.15) is 0 Å². The van der Waals surface area contributed by atoms with Gasteiger partial charge in [0.1, 0.15) is 5.75 Å². The van der Waals surface area contributed by atoms with Gasteiger partial charge in [-0.3, -0.25) is 0 Å². The minimum atomic E-state index is 0.794. The van der Waals surface area contributed by atoms with Crippen molar-refractivity contribution in [3.8, 4) is 5.75 Å². The van der Waals surface area contributed by atoms with Gasteiger partial charge in [-0.1, -0.05) is 69.5 Å². The van der Waals surface area contributed by atoms with Gasteiger partial charge >= 0.3 is 0 Å². The molecule has 28 heavy (non-hydrogen) atoms. The Hall–Kier alpha value is -1.76. The molecule has 1 aliphatic carbocycles. The van der Waals surface area contributed by atoms with Gasteiger partial charge in [0.05, 0.1) is 6.61 Å². The lowest BCUT2D eigenvalue weighted by Gasteiger charge is -2.29. The average molecular weight is 379 g/mol. The Morgan fingerprint density at radius 1 is 0.750 bits per heavy atom. The van der Waals surface area contributed by atoms with Gasteiger partial charge in [-0.25, -0.2) is 0 Å². The van der Waals surface area contributed by atoms with E-state index in [4.69, 9.17) is 4.74 Å². The quantitative estimate of drug-likeness (QED) is 0.411. The highest BCUT2D eigenvalue weighted by Crippen LogP contribution is 2.37. The molecule has 1 heteroatoms. The SMILES string of the molecule is CCCCC1CCC(c2ccc(CCc3ccc(OCCC)cc3)cc2)CC1. The fourth-order valence-electron chi connectivity index (χ4n) is 4.49. The van der Waals surface area contributed by atoms with E-state index in [1.807, 2.05) is 0 Å². The predicted molar refractivity (Wildman–Crippen MR) is 120 cm³/mol. The van der Waals surface area contributed by atoms with Crippen LogP contribution in [0.5, 0.6) is 5.75 Å². The van der Waals surface area contributed by atoms with E-state index in [0.29, 0.717) is 0 Å². The molecule has 0 N–H and O–H groups in total. The molecule has 0 aliphatic heterocycles. The second kappa shape index (κ2) is 11.3. The van der Waals surface area contributed by atoms with Crippen LogP contribution in [0.25, 0.3) is 0 Å². The minimum absolute atomic E-state index is 0.794. The summed E-state index contributed by atoms with van der Waals surface area (Å²) in [5, 5.41) is 0. The molecule has 1 fully saturated rings. The fraction of sp³-hybridized carbons (Fsp3) is 0.556. The standard InChI is InChI=1S/C27H38O/c1-3-5-6-22-9-15-25(16-10-22)26-17-11-23(12-18-26)7-8-24-13-19-27(20-14-24)28-21-4-2/h11-14,17-20,22,25H,3-10,15-16,21H2,1-2H3. The van der Waals surface area contributed by atoms with Crippen LogP contribution in [0.1, 0.15) is 87.8 Å². The maximum Gasteiger partial charge on any atom is 0.119 e. The molecule has 0 bridgehead atoms. The molecule has 1 nitrogen and oxygen atoms in total. The molecule has 3 rings (SSSR count). The van der Waals surface area contributed by atoms with Gasteiger partial charge in [0.2, 0.25) is 0 Å². The number of aryl methyl sites for hydroxylation is 2. The van der Waals surface area contributed by atoms with Crippen LogP contribution < -0.4 is 4.74 Å². The van der Waals surface area contributed by atoms with E-state index >= 15 is 0 Å². The second-order valence-corrected chi connectivity index (χ2v) is 8.59. The van der Waals surface area contributed by atoms with Crippen molar-refractivity contribution in [1.29, 1.82) is 0 Å². The molecule has 1 aliphatic rings. The Labute approximate surface area is 172 Å². The number of hydrogen-bond donors (Lipinski definition) is 0. The number of unbranched alkanes of at least 4 members (excludes halogenated alkanes) is 1. The Bertz CT molecular complexity index is 662. The first kappa shape index (κ1) is 21.0. The van der Waals surface area contributed by atoms with Gasteiger partial charge in [0.25, 0.3) is 0 Å². The lowest BCUT2D eigenvalue weighted by atomic mass is 9.77. The molecule has 0 radical (unpaired) electrons. The van der Waals surface area contributed by atoms with Crippen molar-refractivity contribution in [1.82, 2.24) is 0 Å². The van der Waals surface area contributed by atoms with Gasteiger partial charge in [-0.15, -0.1) is 0 Å². The Morgan fingerprint density at radius 2 is 1.36 bits per heavy atom. The monoisotopic (exact) mass is 378 g/mol. The summed E-state index contributed by atoms with van der Waals surface area (Å²) in [6, 6.07) is 18.1. The topological polar surface area (TPSA) is 9.23 Å². The van der Waals surface area contributed by atoms with Crippen molar-refractivity contribution < 1.29 is 4.74 Å². The Kier molecular flexibility index (Phi) is 8.45. The van der Waals surface area contributed by atoms with Crippen molar-refractivity contribution in [3.05, 3.63) is 65.2 Å². The molecule has 0 unspecified atom stereocenters. The Balaban J connectivity index is 1.44. The molecule has 0 spiro atoms. The molecule has 2 aromatic carbocycles. The van der Waals surface area contributed by atoms with Gasteiger partial charge in [0, 0.05) is 0 Å². The molecule has 0 atom stereocenters. The summed E-state index contributed by atoms with van der Waals surface area (Å²) in [6.07, 6.45) is 13.1. The van der Waals surface area contributed by atoms with Gasteiger partial charge < -0.3 is 4.74 Å². The summed E-state index contributed by atoms with van der Waals surface area (Å²) in [5.74, 6) is 2.77. The minimum Gasteiger partial charge on any atom is -0.494 e. The van der Waals surface area contributed by atoms with Crippen LogP contribution in [-0.2, 0) is 12.8 Å². The highest BCUT2D eigenvalue weighted by atomic mass is 16.5. The zero-order chi connectivity index (χ0) is 19.6. The van der Waals surface area contributed by atoms with Crippen LogP contribution >= 0.6 is 0 Å². The third-order valence-electron chi connectivity index (χ3n) is 6.36. The molecule has 152 valence electrons. The van der Waals surface area contributed by atoms with E-state index in [1.54, 1.807) is 5.56 Å². The molecule has 0 saturated heterocycles. The molecule has 0 aromatic heterocycles. The van der Waals surface area contributed by atoms with Crippen LogP contribution in [0.2, 0.25) is 0 Å².